The van der Waals surface area contributed by atoms with E-state index in [-0.39, 0.29) is 12.1 Å². The zero-order chi connectivity index (χ0) is 15.2. The Balaban J connectivity index is 2.02. The van der Waals surface area contributed by atoms with Crippen LogP contribution in [0.5, 0.6) is 5.75 Å². The van der Waals surface area contributed by atoms with Crippen molar-refractivity contribution >= 4 is 23.3 Å². The van der Waals surface area contributed by atoms with Crippen molar-refractivity contribution in [2.45, 2.75) is 13.0 Å². The second-order valence-corrected chi connectivity index (χ2v) is 5.01. The van der Waals surface area contributed by atoms with E-state index in [9.17, 15) is 4.79 Å². The van der Waals surface area contributed by atoms with Gasteiger partial charge < -0.3 is 15.4 Å². The van der Waals surface area contributed by atoms with Crippen molar-refractivity contribution in [3.05, 3.63) is 59.1 Å². The highest BCUT2D eigenvalue weighted by atomic mass is 35.5. The fourth-order valence-corrected chi connectivity index (χ4v) is 2.22. The molecule has 0 aliphatic carbocycles. The van der Waals surface area contributed by atoms with Crippen molar-refractivity contribution < 1.29 is 9.53 Å². The van der Waals surface area contributed by atoms with Crippen LogP contribution in [0.1, 0.15) is 18.5 Å². The molecule has 2 rings (SSSR count). The molecule has 2 amide bonds. The molecule has 0 heterocycles. The molecule has 110 valence electrons. The number of benzene rings is 2. The van der Waals surface area contributed by atoms with Gasteiger partial charge in [0.1, 0.15) is 5.75 Å². The first-order valence-electron chi connectivity index (χ1n) is 6.56. The van der Waals surface area contributed by atoms with Crippen LogP contribution in [0.15, 0.2) is 48.5 Å². The van der Waals surface area contributed by atoms with E-state index in [1.807, 2.05) is 31.2 Å². The first-order chi connectivity index (χ1) is 10.1. The Morgan fingerprint density at radius 1 is 1.19 bits per heavy atom. The maximum Gasteiger partial charge on any atom is 0.319 e. The van der Waals surface area contributed by atoms with Crippen molar-refractivity contribution in [3.63, 3.8) is 0 Å². The third-order valence-corrected chi connectivity index (χ3v) is 3.27. The highest BCUT2D eigenvalue weighted by molar-refractivity contribution is 6.30. The number of carbonyl (C=O) groups is 1. The Morgan fingerprint density at radius 3 is 2.67 bits per heavy atom. The number of hydrogen-bond donors (Lipinski definition) is 2. The molecule has 0 saturated carbocycles. The van der Waals surface area contributed by atoms with Crippen LogP contribution in [-0.4, -0.2) is 13.1 Å². The molecular weight excluding hydrogens is 288 g/mol. The van der Waals surface area contributed by atoms with Gasteiger partial charge in [-0.2, -0.15) is 0 Å². The summed E-state index contributed by atoms with van der Waals surface area (Å²) in [6.07, 6.45) is 0. The van der Waals surface area contributed by atoms with E-state index in [0.29, 0.717) is 10.7 Å². The third-order valence-electron chi connectivity index (χ3n) is 3.04. The van der Waals surface area contributed by atoms with Gasteiger partial charge in [0.25, 0.3) is 0 Å². The SMILES string of the molecule is COc1ccccc1[C@@H](C)NC(=O)Nc1cccc(Cl)c1. The van der Waals surface area contributed by atoms with Gasteiger partial charge in [-0.05, 0) is 31.2 Å². The van der Waals surface area contributed by atoms with E-state index < -0.39 is 0 Å². The Morgan fingerprint density at radius 2 is 1.95 bits per heavy atom. The highest BCUT2D eigenvalue weighted by Crippen LogP contribution is 2.24. The van der Waals surface area contributed by atoms with E-state index in [4.69, 9.17) is 16.3 Å². The number of halogens is 1. The molecule has 0 saturated heterocycles. The summed E-state index contributed by atoms with van der Waals surface area (Å²) in [5.41, 5.74) is 1.56. The molecule has 0 aromatic heterocycles. The lowest BCUT2D eigenvalue weighted by Gasteiger charge is -2.17. The van der Waals surface area contributed by atoms with E-state index in [2.05, 4.69) is 10.6 Å². The third kappa shape index (κ3) is 4.13. The summed E-state index contributed by atoms with van der Waals surface area (Å²) in [6, 6.07) is 14.1. The Kier molecular flexibility index (Phi) is 5.06. The van der Waals surface area contributed by atoms with Gasteiger partial charge in [0.05, 0.1) is 13.2 Å². The maximum absolute atomic E-state index is 12.0. The zero-order valence-electron chi connectivity index (χ0n) is 11.9. The Hall–Kier alpha value is -2.20. The van der Waals surface area contributed by atoms with Crippen molar-refractivity contribution in [2.24, 2.45) is 0 Å². The lowest BCUT2D eigenvalue weighted by atomic mass is 10.1. The second-order valence-electron chi connectivity index (χ2n) is 4.57. The molecule has 0 aliphatic heterocycles. The fraction of sp³-hybridized carbons (Fsp3) is 0.188. The number of rotatable bonds is 4. The number of methoxy groups -OCH3 is 1. The first-order valence-corrected chi connectivity index (χ1v) is 6.94. The average Bonchev–Trinajstić information content (AvgIpc) is 2.47. The van der Waals surface area contributed by atoms with Crippen molar-refractivity contribution in [1.29, 1.82) is 0 Å². The first kappa shape index (κ1) is 15.2. The van der Waals surface area contributed by atoms with E-state index in [1.54, 1.807) is 31.4 Å². The van der Waals surface area contributed by atoms with E-state index >= 15 is 0 Å². The lowest BCUT2D eigenvalue weighted by molar-refractivity contribution is 0.249. The smallest absolute Gasteiger partial charge is 0.319 e. The number of urea groups is 1. The number of ether oxygens (including phenoxy) is 1. The van der Waals surface area contributed by atoms with Crippen LogP contribution in [0, 0.1) is 0 Å². The topological polar surface area (TPSA) is 50.4 Å². The van der Waals surface area contributed by atoms with Crippen LogP contribution in [0.2, 0.25) is 5.02 Å². The molecule has 2 aromatic carbocycles. The van der Waals surface area contributed by atoms with Gasteiger partial charge in [-0.1, -0.05) is 35.9 Å². The van der Waals surface area contributed by atoms with Crippen LogP contribution in [0.4, 0.5) is 10.5 Å². The molecule has 0 bridgehead atoms. The average molecular weight is 305 g/mol. The summed E-state index contributed by atoms with van der Waals surface area (Å²) < 4.78 is 5.29. The molecule has 0 spiro atoms. The van der Waals surface area contributed by atoms with Gasteiger partial charge >= 0.3 is 6.03 Å². The fourth-order valence-electron chi connectivity index (χ4n) is 2.03. The summed E-state index contributed by atoms with van der Waals surface area (Å²) >= 11 is 5.88. The van der Waals surface area contributed by atoms with Gasteiger partial charge in [-0.15, -0.1) is 0 Å². The van der Waals surface area contributed by atoms with E-state index in [0.717, 1.165) is 11.3 Å². The van der Waals surface area contributed by atoms with Crippen LogP contribution < -0.4 is 15.4 Å². The minimum atomic E-state index is -0.296. The number of hydrogen-bond acceptors (Lipinski definition) is 2. The summed E-state index contributed by atoms with van der Waals surface area (Å²) in [6.45, 7) is 1.90. The summed E-state index contributed by atoms with van der Waals surface area (Å²) in [5.74, 6) is 0.744. The molecule has 2 N–H and O–H groups in total. The van der Waals surface area contributed by atoms with Crippen molar-refractivity contribution in [2.75, 3.05) is 12.4 Å². The van der Waals surface area contributed by atoms with Gasteiger partial charge in [-0.25, -0.2) is 4.79 Å². The molecule has 5 heteroatoms. The normalized spacial score (nSPS) is 11.6. The van der Waals surface area contributed by atoms with Crippen LogP contribution >= 0.6 is 11.6 Å². The second kappa shape index (κ2) is 6.99. The minimum absolute atomic E-state index is 0.180. The quantitative estimate of drug-likeness (QED) is 0.888. The number of anilines is 1. The van der Waals surface area contributed by atoms with Crippen molar-refractivity contribution in [1.82, 2.24) is 5.32 Å². The van der Waals surface area contributed by atoms with Gasteiger partial charge in [0.15, 0.2) is 0 Å². The van der Waals surface area contributed by atoms with Gasteiger partial charge in [-0.3, -0.25) is 0 Å². The molecule has 0 aliphatic rings. The minimum Gasteiger partial charge on any atom is -0.496 e. The Bertz CT molecular complexity index is 631. The van der Waals surface area contributed by atoms with E-state index in [1.165, 1.54) is 0 Å². The number of carbonyl (C=O) groups excluding carboxylic acids is 1. The van der Waals surface area contributed by atoms with Crippen LogP contribution in [-0.2, 0) is 0 Å². The van der Waals surface area contributed by atoms with Crippen LogP contribution in [0.3, 0.4) is 0 Å². The zero-order valence-corrected chi connectivity index (χ0v) is 12.6. The Labute approximate surface area is 129 Å². The number of nitrogens with one attached hydrogen (secondary N) is 2. The molecule has 0 radical (unpaired) electrons. The molecule has 4 nitrogen and oxygen atoms in total. The molecule has 0 fully saturated rings. The molecule has 1 atom stereocenters. The molecular formula is C16H17ClN2O2. The monoisotopic (exact) mass is 304 g/mol. The van der Waals surface area contributed by atoms with Gasteiger partial charge in [0.2, 0.25) is 0 Å². The predicted octanol–water partition coefficient (Wildman–Crippen LogP) is 4.23. The predicted molar refractivity (Wildman–Crippen MR) is 85.0 cm³/mol. The molecule has 2 aromatic rings. The number of para-hydroxylation sites is 1. The van der Waals surface area contributed by atoms with Crippen molar-refractivity contribution in [3.8, 4) is 5.75 Å². The maximum atomic E-state index is 12.0. The molecule has 21 heavy (non-hydrogen) atoms. The highest BCUT2D eigenvalue weighted by Gasteiger charge is 2.13. The molecule has 0 unspecified atom stereocenters. The standard InChI is InChI=1S/C16H17ClN2O2/c1-11(14-8-3-4-9-15(14)21-2)18-16(20)19-13-7-5-6-12(17)10-13/h3-11H,1-2H3,(H2,18,19,20)/t11-/m1/s1. The summed E-state index contributed by atoms with van der Waals surface area (Å²) in [5, 5.41) is 6.19. The van der Waals surface area contributed by atoms with Crippen LogP contribution in [0.25, 0.3) is 0 Å². The summed E-state index contributed by atoms with van der Waals surface area (Å²) in [4.78, 5) is 12.0. The lowest BCUT2D eigenvalue weighted by Crippen LogP contribution is -2.31. The summed E-state index contributed by atoms with van der Waals surface area (Å²) in [7, 11) is 1.61. The van der Waals surface area contributed by atoms with Gasteiger partial charge in [0, 0.05) is 16.3 Å². The largest absolute Gasteiger partial charge is 0.496 e. The number of amides is 2.